The molecule has 1 N–H and O–H groups in total. The second-order valence-corrected chi connectivity index (χ2v) is 7.36. The minimum Gasteiger partial charge on any atom is -0.442 e. The fourth-order valence-corrected chi connectivity index (χ4v) is 3.83. The number of aromatic nitrogens is 2. The number of hydrogen-bond acceptors (Lipinski definition) is 7. The number of carbonyl (C=O) groups is 2. The van der Waals surface area contributed by atoms with Crippen molar-refractivity contribution in [1.82, 2.24) is 15.5 Å². The van der Waals surface area contributed by atoms with Crippen LogP contribution in [0.15, 0.2) is 23.0 Å². The Kier molecular flexibility index (Phi) is 5.51. The maximum Gasteiger partial charge on any atom is 0.414 e. The highest BCUT2D eigenvalue weighted by Crippen LogP contribution is 2.34. The zero-order valence-electron chi connectivity index (χ0n) is 16.3. The van der Waals surface area contributed by atoms with Crippen molar-refractivity contribution in [2.75, 3.05) is 36.0 Å². The summed E-state index contributed by atoms with van der Waals surface area (Å²) >= 11 is 0. The lowest BCUT2D eigenvalue weighted by atomic mass is 9.95. The number of cyclic esters (lactones) is 1. The number of rotatable bonds is 5. The molecule has 1 aromatic carbocycles. The van der Waals surface area contributed by atoms with Crippen LogP contribution < -0.4 is 15.1 Å². The molecule has 2 aromatic rings. The summed E-state index contributed by atoms with van der Waals surface area (Å²) in [5.41, 5.74) is -0.0431. The molecule has 1 atom stereocenters. The average Bonchev–Trinajstić information content (AvgIpc) is 3.36. The van der Waals surface area contributed by atoms with Crippen LogP contribution in [0, 0.1) is 11.6 Å². The zero-order chi connectivity index (χ0) is 21.3. The minimum absolute atomic E-state index is 0.0748. The Morgan fingerprint density at radius 3 is 2.57 bits per heavy atom. The molecule has 11 heteroatoms. The van der Waals surface area contributed by atoms with Crippen LogP contribution in [0.2, 0.25) is 0 Å². The smallest absolute Gasteiger partial charge is 0.414 e. The van der Waals surface area contributed by atoms with Crippen LogP contribution in [0.1, 0.15) is 31.5 Å². The number of hydrogen-bond donors (Lipinski definition) is 1. The first-order valence-electron chi connectivity index (χ1n) is 9.65. The van der Waals surface area contributed by atoms with Crippen LogP contribution in [0.5, 0.6) is 0 Å². The van der Waals surface area contributed by atoms with E-state index in [9.17, 15) is 18.4 Å². The molecule has 0 unspecified atom stereocenters. The van der Waals surface area contributed by atoms with Gasteiger partial charge in [-0.15, -0.1) is 0 Å². The molecule has 2 aliphatic heterocycles. The van der Waals surface area contributed by atoms with Crippen molar-refractivity contribution in [1.29, 1.82) is 0 Å². The minimum atomic E-state index is -0.749. The Morgan fingerprint density at radius 1 is 1.27 bits per heavy atom. The Hall–Kier alpha value is -3.24. The van der Waals surface area contributed by atoms with Gasteiger partial charge in [-0.2, -0.15) is 4.98 Å². The Bertz CT molecular complexity index is 908. The summed E-state index contributed by atoms with van der Waals surface area (Å²) in [6.07, 6.45) is 1.26. The van der Waals surface area contributed by atoms with Crippen molar-refractivity contribution < 1.29 is 27.6 Å². The first-order valence-corrected chi connectivity index (χ1v) is 9.65. The summed E-state index contributed by atoms with van der Waals surface area (Å²) in [4.78, 5) is 30.0. The number of halogens is 2. The van der Waals surface area contributed by atoms with E-state index in [0.29, 0.717) is 31.8 Å². The standard InChI is InChI=1S/C19H21F2N5O4/c1-11(27)22-8-14-9-26(19(28)30-14)13-6-15(20)17(16(21)7-13)25-4-2-12(3-5-25)18-23-10-29-24-18/h6-7,10,12,14H,2-5,8-9H2,1H3,(H,22,27)/t14-/m0/s1. The third kappa shape index (κ3) is 4.05. The van der Waals surface area contributed by atoms with Crippen molar-refractivity contribution >= 4 is 23.4 Å². The van der Waals surface area contributed by atoms with E-state index in [4.69, 9.17) is 9.26 Å². The van der Waals surface area contributed by atoms with Gasteiger partial charge in [0.25, 0.3) is 0 Å². The van der Waals surface area contributed by atoms with Crippen molar-refractivity contribution in [3.63, 3.8) is 0 Å². The third-order valence-electron chi connectivity index (χ3n) is 5.32. The molecular weight excluding hydrogens is 400 g/mol. The van der Waals surface area contributed by atoms with Gasteiger partial charge in [-0.05, 0) is 12.8 Å². The Morgan fingerprint density at radius 2 is 1.97 bits per heavy atom. The van der Waals surface area contributed by atoms with Crippen molar-refractivity contribution in [3.8, 4) is 0 Å². The van der Waals surface area contributed by atoms with E-state index in [1.165, 1.54) is 13.3 Å². The van der Waals surface area contributed by atoms with E-state index in [1.807, 2.05) is 0 Å². The maximum atomic E-state index is 14.8. The maximum absolute atomic E-state index is 14.8. The molecular formula is C19H21F2N5O4. The lowest BCUT2D eigenvalue weighted by Gasteiger charge is -2.33. The van der Waals surface area contributed by atoms with Crippen LogP contribution in [0.3, 0.4) is 0 Å². The molecule has 1 aromatic heterocycles. The quantitative estimate of drug-likeness (QED) is 0.790. The molecule has 2 fully saturated rings. The molecule has 0 bridgehead atoms. The van der Waals surface area contributed by atoms with Crippen LogP contribution in [-0.4, -0.2) is 54.4 Å². The van der Waals surface area contributed by atoms with Gasteiger partial charge >= 0.3 is 6.09 Å². The second-order valence-electron chi connectivity index (χ2n) is 7.36. The predicted octanol–water partition coefficient (Wildman–Crippen LogP) is 2.19. The summed E-state index contributed by atoms with van der Waals surface area (Å²) in [5, 5.41) is 6.40. The highest BCUT2D eigenvalue weighted by atomic mass is 19.1. The second kappa shape index (κ2) is 8.25. The number of nitrogens with one attached hydrogen (secondary N) is 1. The van der Waals surface area contributed by atoms with Crippen LogP contribution in [0.25, 0.3) is 0 Å². The number of amides is 2. The fraction of sp³-hybridized carbons (Fsp3) is 0.474. The normalized spacial score (nSPS) is 19.8. The summed E-state index contributed by atoms with van der Waals surface area (Å²) in [6.45, 7) is 2.46. The van der Waals surface area contributed by atoms with Gasteiger partial charge in [0.1, 0.15) is 11.8 Å². The molecule has 2 aliphatic rings. The van der Waals surface area contributed by atoms with Gasteiger partial charge in [0.05, 0.1) is 18.8 Å². The van der Waals surface area contributed by atoms with Crippen LogP contribution >= 0.6 is 0 Å². The molecule has 30 heavy (non-hydrogen) atoms. The molecule has 9 nitrogen and oxygen atoms in total. The molecule has 4 rings (SSSR count). The number of ether oxygens (including phenoxy) is 1. The van der Waals surface area contributed by atoms with Gasteiger partial charge in [-0.25, -0.2) is 13.6 Å². The zero-order valence-corrected chi connectivity index (χ0v) is 16.3. The highest BCUT2D eigenvalue weighted by molar-refractivity contribution is 5.90. The highest BCUT2D eigenvalue weighted by Gasteiger charge is 2.34. The monoisotopic (exact) mass is 421 g/mol. The number of benzene rings is 1. The molecule has 0 spiro atoms. The van der Waals surface area contributed by atoms with Crippen LogP contribution in [0.4, 0.5) is 25.0 Å². The van der Waals surface area contributed by atoms with E-state index >= 15 is 0 Å². The number of nitrogens with zero attached hydrogens (tertiary/aromatic N) is 4. The number of anilines is 2. The van der Waals surface area contributed by atoms with Crippen LogP contribution in [-0.2, 0) is 9.53 Å². The van der Waals surface area contributed by atoms with E-state index in [0.717, 1.165) is 17.0 Å². The topological polar surface area (TPSA) is 101 Å². The van der Waals surface area contributed by atoms with E-state index in [1.54, 1.807) is 4.90 Å². The lowest BCUT2D eigenvalue weighted by Crippen LogP contribution is -2.35. The van der Waals surface area contributed by atoms with Gasteiger partial charge in [0.15, 0.2) is 17.5 Å². The van der Waals surface area contributed by atoms with E-state index < -0.39 is 23.8 Å². The predicted molar refractivity (Wildman–Crippen MR) is 101 cm³/mol. The Labute approximate surface area is 171 Å². The van der Waals surface area contributed by atoms with Crippen molar-refractivity contribution in [2.24, 2.45) is 0 Å². The number of carbonyl (C=O) groups excluding carboxylic acids is 2. The largest absolute Gasteiger partial charge is 0.442 e. The molecule has 0 saturated carbocycles. The molecule has 2 amide bonds. The van der Waals surface area contributed by atoms with Gasteiger partial charge in [0.2, 0.25) is 12.3 Å². The molecule has 0 radical (unpaired) electrons. The Balaban J connectivity index is 1.45. The van der Waals surface area contributed by atoms with Gasteiger partial charge < -0.3 is 19.5 Å². The lowest BCUT2D eigenvalue weighted by molar-refractivity contribution is -0.119. The summed E-state index contributed by atoms with van der Waals surface area (Å²) < 4.78 is 39.6. The van der Waals surface area contributed by atoms with Crippen molar-refractivity contribution in [2.45, 2.75) is 31.8 Å². The van der Waals surface area contributed by atoms with E-state index in [-0.39, 0.29) is 36.3 Å². The summed E-state index contributed by atoms with van der Waals surface area (Å²) in [6, 6.07) is 2.26. The first kappa shape index (κ1) is 20.0. The first-order chi connectivity index (χ1) is 14.4. The molecule has 2 saturated heterocycles. The SMILES string of the molecule is CC(=O)NC[C@H]1CN(c2cc(F)c(N3CCC(c4ncon4)CC3)c(F)c2)C(=O)O1. The number of piperidine rings is 1. The molecule has 3 heterocycles. The third-order valence-corrected chi connectivity index (χ3v) is 5.32. The van der Waals surface area contributed by atoms with Gasteiger partial charge in [0, 0.05) is 38.1 Å². The van der Waals surface area contributed by atoms with Crippen molar-refractivity contribution in [3.05, 3.63) is 36.0 Å². The molecule has 0 aliphatic carbocycles. The molecule has 160 valence electrons. The average molecular weight is 421 g/mol. The van der Waals surface area contributed by atoms with Gasteiger partial charge in [-0.1, -0.05) is 5.16 Å². The summed E-state index contributed by atoms with van der Waals surface area (Å²) in [7, 11) is 0. The summed E-state index contributed by atoms with van der Waals surface area (Å²) in [5.74, 6) is -1.06. The van der Waals surface area contributed by atoms with Gasteiger partial charge in [-0.3, -0.25) is 9.69 Å². The fourth-order valence-electron chi connectivity index (χ4n) is 3.83. The van der Waals surface area contributed by atoms with E-state index in [2.05, 4.69) is 15.5 Å².